The first-order chi connectivity index (χ1) is 4.36. The molecular formula is C3H2Cl2F3O2-. The van der Waals surface area contributed by atoms with Crippen LogP contribution in [0.2, 0.25) is 0 Å². The summed E-state index contributed by atoms with van der Waals surface area (Å²) in [7, 11) is 0. The van der Waals surface area contributed by atoms with Gasteiger partial charge in [0.15, 0.2) is 0 Å². The van der Waals surface area contributed by atoms with E-state index in [1.165, 1.54) is 0 Å². The number of alkyl halides is 5. The Bertz CT molecular complexity index is 102. The third-order valence-corrected chi connectivity index (χ3v) is 0.231. The quantitative estimate of drug-likeness (QED) is 0.538. The van der Waals surface area contributed by atoms with Crippen molar-refractivity contribution in [3.63, 3.8) is 0 Å². The minimum absolute atomic E-state index is 0.194. The van der Waals surface area contributed by atoms with Crippen LogP contribution in [0.5, 0.6) is 0 Å². The van der Waals surface area contributed by atoms with E-state index < -0.39 is 12.1 Å². The molecule has 0 aliphatic rings. The Morgan fingerprint density at radius 2 is 1.50 bits per heavy atom. The highest BCUT2D eigenvalue weighted by molar-refractivity contribution is 6.40. The smallest absolute Gasteiger partial charge is 0.430 e. The van der Waals surface area contributed by atoms with Gasteiger partial charge in [0.25, 0.3) is 0 Å². The first-order valence-corrected chi connectivity index (χ1v) is 2.83. The zero-order chi connectivity index (χ0) is 8.78. The largest absolute Gasteiger partial charge is 0.542 e. The molecule has 62 valence electrons. The SMILES string of the molecule is ClCCl.O=C([O-])C(F)(F)F. The first-order valence-electron chi connectivity index (χ1n) is 1.76. The molecule has 0 amide bonds. The molecule has 0 spiro atoms. The molecule has 0 bridgehead atoms. The van der Waals surface area contributed by atoms with E-state index in [0.717, 1.165) is 0 Å². The zero-order valence-electron chi connectivity index (χ0n) is 4.41. The predicted molar refractivity (Wildman–Crippen MR) is 27.6 cm³/mol. The molecule has 0 aliphatic carbocycles. The summed E-state index contributed by atoms with van der Waals surface area (Å²) >= 11 is 9.53. The van der Waals surface area contributed by atoms with Crippen LogP contribution >= 0.6 is 23.2 Å². The van der Waals surface area contributed by atoms with E-state index >= 15 is 0 Å². The molecule has 0 N–H and O–H groups in total. The van der Waals surface area contributed by atoms with Gasteiger partial charge < -0.3 is 9.90 Å². The standard InChI is InChI=1S/C2HF3O2.CH2Cl2/c3-2(4,5)1(6)7;2-1-3/h(H,6,7);1H2/p-1. The second-order valence-corrected chi connectivity index (χ2v) is 1.69. The Morgan fingerprint density at radius 1 is 1.40 bits per heavy atom. The summed E-state index contributed by atoms with van der Waals surface area (Å²) < 4.78 is 31.5. The van der Waals surface area contributed by atoms with E-state index in [2.05, 4.69) is 0 Å². The number of hydrogen-bond donors (Lipinski definition) is 0. The number of rotatable bonds is 0. The van der Waals surface area contributed by atoms with Crippen molar-refractivity contribution in [2.45, 2.75) is 6.18 Å². The highest BCUT2D eigenvalue weighted by atomic mass is 35.5. The molecule has 0 aromatic heterocycles. The average molecular weight is 198 g/mol. The molecule has 0 aromatic carbocycles. The van der Waals surface area contributed by atoms with Crippen molar-refractivity contribution in [3.05, 3.63) is 0 Å². The molecule has 0 atom stereocenters. The Labute approximate surface area is 64.5 Å². The van der Waals surface area contributed by atoms with Crippen LogP contribution in [0.15, 0.2) is 0 Å². The van der Waals surface area contributed by atoms with Crippen molar-refractivity contribution in [1.82, 2.24) is 0 Å². The van der Waals surface area contributed by atoms with Crippen LogP contribution in [-0.2, 0) is 4.79 Å². The van der Waals surface area contributed by atoms with Gasteiger partial charge in [-0.05, 0) is 0 Å². The number of carbonyl (C=O) groups excluding carboxylic acids is 1. The number of aliphatic carboxylic acids is 1. The number of halogens is 5. The van der Waals surface area contributed by atoms with Gasteiger partial charge in [-0.25, -0.2) is 0 Å². The van der Waals surface area contributed by atoms with Crippen LogP contribution in [0.3, 0.4) is 0 Å². The fraction of sp³-hybridized carbons (Fsp3) is 0.667. The molecule has 0 saturated carbocycles. The van der Waals surface area contributed by atoms with E-state index in [9.17, 15) is 13.2 Å². The number of carboxylic acids is 1. The van der Waals surface area contributed by atoms with Crippen molar-refractivity contribution < 1.29 is 23.1 Å². The summed E-state index contributed by atoms with van der Waals surface area (Å²) in [6.45, 7) is 0. The molecule has 0 saturated heterocycles. The predicted octanol–water partition coefficient (Wildman–Crippen LogP) is 0.720. The molecule has 0 unspecified atom stereocenters. The Hall–Kier alpha value is -0.160. The normalized spacial score (nSPS) is 9.70. The third kappa shape index (κ3) is 10.8. The molecule has 7 heteroatoms. The van der Waals surface area contributed by atoms with Gasteiger partial charge in [-0.2, -0.15) is 13.2 Å². The summed E-state index contributed by atoms with van der Waals surface area (Å²) in [4.78, 5) is 8.78. The average Bonchev–Trinajstić information content (AvgIpc) is 1.64. The highest BCUT2D eigenvalue weighted by Gasteiger charge is 2.28. The molecule has 0 aromatic rings. The molecule has 0 aliphatic heterocycles. The summed E-state index contributed by atoms with van der Waals surface area (Å²) in [6.07, 6.45) is -5.19. The van der Waals surface area contributed by atoms with Crippen LogP contribution in [0.1, 0.15) is 0 Å². The van der Waals surface area contributed by atoms with Crippen molar-refractivity contribution in [1.29, 1.82) is 0 Å². The van der Waals surface area contributed by atoms with E-state index in [4.69, 9.17) is 33.1 Å². The summed E-state index contributed by atoms with van der Waals surface area (Å²) in [5.41, 5.74) is 0. The Kier molecular flexibility index (Phi) is 7.02. The lowest BCUT2D eigenvalue weighted by Gasteiger charge is -2.03. The van der Waals surface area contributed by atoms with Crippen LogP contribution in [0, 0.1) is 0 Å². The Balaban J connectivity index is 0. The van der Waals surface area contributed by atoms with E-state index in [-0.39, 0.29) is 5.34 Å². The number of carboxylic acid groups (broad SMARTS) is 1. The van der Waals surface area contributed by atoms with Crippen molar-refractivity contribution >= 4 is 29.2 Å². The van der Waals surface area contributed by atoms with Gasteiger partial charge in [0.05, 0.1) is 5.34 Å². The van der Waals surface area contributed by atoms with Crippen molar-refractivity contribution in [2.75, 3.05) is 5.34 Å². The molecule has 0 fully saturated rings. The third-order valence-electron chi connectivity index (χ3n) is 0.231. The lowest BCUT2D eigenvalue weighted by molar-refractivity contribution is -0.344. The maximum absolute atomic E-state index is 10.5. The minimum Gasteiger partial charge on any atom is -0.542 e. The fourth-order valence-electron chi connectivity index (χ4n) is 0. The number of hydrogen-bond acceptors (Lipinski definition) is 2. The lowest BCUT2D eigenvalue weighted by Crippen LogP contribution is -2.37. The van der Waals surface area contributed by atoms with Gasteiger partial charge in [-0.3, -0.25) is 0 Å². The molecule has 0 heterocycles. The fourth-order valence-corrected chi connectivity index (χ4v) is 0. The van der Waals surface area contributed by atoms with Gasteiger partial charge >= 0.3 is 6.18 Å². The lowest BCUT2D eigenvalue weighted by atomic mass is 10.7. The molecule has 0 rings (SSSR count). The zero-order valence-corrected chi connectivity index (χ0v) is 5.93. The first kappa shape index (κ1) is 12.5. The summed E-state index contributed by atoms with van der Waals surface area (Å²) in [6, 6.07) is 0. The van der Waals surface area contributed by atoms with Crippen LogP contribution < -0.4 is 5.11 Å². The summed E-state index contributed by atoms with van der Waals surface area (Å²) in [5, 5.41) is 8.98. The molecule has 0 radical (unpaired) electrons. The van der Waals surface area contributed by atoms with Gasteiger partial charge in [0.2, 0.25) is 0 Å². The number of carbonyl (C=O) groups is 1. The maximum atomic E-state index is 10.5. The maximum Gasteiger partial charge on any atom is 0.430 e. The molecular weight excluding hydrogens is 196 g/mol. The minimum atomic E-state index is -5.19. The van der Waals surface area contributed by atoms with Gasteiger partial charge in [-0.15, -0.1) is 23.2 Å². The topological polar surface area (TPSA) is 40.1 Å². The monoisotopic (exact) mass is 197 g/mol. The molecule has 10 heavy (non-hydrogen) atoms. The van der Waals surface area contributed by atoms with Crippen molar-refractivity contribution in [2.24, 2.45) is 0 Å². The van der Waals surface area contributed by atoms with E-state index in [1.807, 2.05) is 0 Å². The Morgan fingerprint density at radius 3 is 1.50 bits per heavy atom. The van der Waals surface area contributed by atoms with Crippen molar-refractivity contribution in [3.8, 4) is 0 Å². The summed E-state index contributed by atoms with van der Waals surface area (Å²) in [5.74, 6) is -3.01. The van der Waals surface area contributed by atoms with Crippen LogP contribution in [0.25, 0.3) is 0 Å². The van der Waals surface area contributed by atoms with Gasteiger partial charge in [-0.1, -0.05) is 0 Å². The van der Waals surface area contributed by atoms with E-state index in [0.29, 0.717) is 0 Å². The van der Waals surface area contributed by atoms with Crippen LogP contribution in [-0.4, -0.2) is 17.5 Å². The van der Waals surface area contributed by atoms with Crippen LogP contribution in [0.4, 0.5) is 13.2 Å². The van der Waals surface area contributed by atoms with E-state index in [1.54, 1.807) is 0 Å². The van der Waals surface area contributed by atoms with Gasteiger partial charge in [0.1, 0.15) is 5.97 Å². The second-order valence-electron chi connectivity index (χ2n) is 0.886. The highest BCUT2D eigenvalue weighted by Crippen LogP contribution is 2.11. The second kappa shape index (κ2) is 5.61. The molecule has 2 nitrogen and oxygen atoms in total. The van der Waals surface area contributed by atoms with Gasteiger partial charge in [0, 0.05) is 0 Å².